The number of benzene rings is 3. The number of carbonyl (C=O) groups excluding carboxylic acids is 3. The number of piperidine rings is 3. The molecule has 6 bridgehead atoms. The van der Waals surface area contributed by atoms with Crippen molar-refractivity contribution < 1.29 is 124 Å². The van der Waals surface area contributed by atoms with Crippen molar-refractivity contribution in [3.8, 4) is 34.5 Å². The van der Waals surface area contributed by atoms with Gasteiger partial charge in [0.05, 0.1) is 76.7 Å². The van der Waals surface area contributed by atoms with E-state index < -0.39 is 51.4 Å². The summed E-state index contributed by atoms with van der Waals surface area (Å²) in [4.78, 5) is 38.3. The Morgan fingerprint density at radius 1 is 0.481 bits per heavy atom. The fraction of sp³-hybridized carbons (Fsp3) is 0.635. The van der Waals surface area contributed by atoms with E-state index in [0.717, 1.165) is 136 Å². The number of Topliss-reactive ketones (excluding diaryl/α,β-unsaturated/α-hetero) is 2. The summed E-state index contributed by atoms with van der Waals surface area (Å²) < 4.78 is 20.9. The van der Waals surface area contributed by atoms with Gasteiger partial charge in [0, 0.05) is 85.8 Å². The van der Waals surface area contributed by atoms with Gasteiger partial charge in [-0.25, -0.2) is 0 Å². The summed E-state index contributed by atoms with van der Waals surface area (Å²) in [6.45, 7) is 6.21. The molecule has 6 N–H and O–H groups in total. The Morgan fingerprint density at radius 3 is 1.22 bits per heavy atom. The quantitative estimate of drug-likeness (QED) is 0.131. The van der Waals surface area contributed by atoms with E-state index in [4.69, 9.17) is 14.2 Å². The lowest BCUT2D eigenvalue weighted by molar-refractivity contribution is -0.950. The van der Waals surface area contributed by atoms with Crippen LogP contribution in [0.3, 0.4) is 0 Å². The molecule has 18 heteroatoms. The lowest BCUT2D eigenvalue weighted by atomic mass is 9.48. The van der Waals surface area contributed by atoms with Crippen LogP contribution in [0.2, 0.25) is 0 Å². The summed E-state index contributed by atoms with van der Waals surface area (Å²) in [6, 6.07) is 11.2. The molecule has 3 aromatic rings. The molecule has 3 spiro atoms. The van der Waals surface area contributed by atoms with E-state index in [2.05, 4.69) is 21.1 Å². The molecule has 6 aliphatic heterocycles. The zero-order valence-electron chi connectivity index (χ0n) is 46.5. The lowest BCUT2D eigenvalue weighted by Crippen LogP contribution is -3.00. The molecular formula is C63H76Br3N3O12. The van der Waals surface area contributed by atoms with Gasteiger partial charge in [0.15, 0.2) is 70.2 Å². The monoisotopic (exact) mass is 1300 g/mol. The third-order valence-electron chi connectivity index (χ3n) is 24.4. The number of ketones is 3. The number of likely N-dealkylation sites (N-methyl/N-ethyl adjacent to an activating group) is 3. The number of phenols is 3. The van der Waals surface area contributed by atoms with Crippen LogP contribution in [0.1, 0.15) is 117 Å². The van der Waals surface area contributed by atoms with Crippen LogP contribution in [-0.4, -0.2) is 175 Å². The summed E-state index contributed by atoms with van der Waals surface area (Å²) >= 11 is 0. The van der Waals surface area contributed by atoms with E-state index in [1.54, 1.807) is 24.3 Å². The minimum Gasteiger partial charge on any atom is -1.00 e. The van der Waals surface area contributed by atoms with Gasteiger partial charge in [0.2, 0.25) is 0 Å². The summed E-state index contributed by atoms with van der Waals surface area (Å²) in [5, 5.41) is 67.5. The van der Waals surface area contributed by atoms with Crippen molar-refractivity contribution in [2.45, 2.75) is 172 Å². The highest BCUT2D eigenvalue weighted by Gasteiger charge is 2.79. The molecule has 0 aromatic heterocycles. The Balaban J connectivity index is 0.000000112. The molecule has 9 unspecified atom stereocenters. The molecule has 3 aromatic carbocycles. The molecule has 15 aliphatic rings. The lowest BCUT2D eigenvalue weighted by Gasteiger charge is -2.64. The normalized spacial score (nSPS) is 43.4. The van der Waals surface area contributed by atoms with Crippen molar-refractivity contribution in [2.24, 2.45) is 17.8 Å². The summed E-state index contributed by atoms with van der Waals surface area (Å²) in [6.07, 6.45) is 15.4. The number of aliphatic hydroxyl groups is 3. The Kier molecular flexibility index (Phi) is 12.6. The van der Waals surface area contributed by atoms with Gasteiger partial charge >= 0.3 is 0 Å². The first kappa shape index (κ1) is 56.5. The van der Waals surface area contributed by atoms with Crippen LogP contribution < -0.4 is 65.2 Å². The zero-order valence-corrected chi connectivity index (χ0v) is 51.2. The van der Waals surface area contributed by atoms with Crippen LogP contribution in [0, 0.1) is 17.8 Å². The van der Waals surface area contributed by atoms with E-state index in [-0.39, 0.29) is 104 Å². The number of carbonyl (C=O) groups is 3. The third kappa shape index (κ3) is 7.02. The van der Waals surface area contributed by atoms with E-state index >= 15 is 0 Å². The topological polar surface area (TPSA) is 200 Å². The van der Waals surface area contributed by atoms with E-state index in [1.807, 2.05) is 18.2 Å². The second-order valence-electron chi connectivity index (χ2n) is 28.5. The summed E-state index contributed by atoms with van der Waals surface area (Å²) in [5.74, 6) is 3.99. The molecule has 15 atom stereocenters. The second-order valence-corrected chi connectivity index (χ2v) is 28.5. The minimum absolute atomic E-state index is 0. The van der Waals surface area contributed by atoms with Gasteiger partial charge in [-0.1, -0.05) is 18.2 Å². The van der Waals surface area contributed by atoms with Gasteiger partial charge in [-0.2, -0.15) is 0 Å². The molecule has 436 valence electrons. The van der Waals surface area contributed by atoms with Crippen LogP contribution in [0.5, 0.6) is 34.5 Å². The van der Waals surface area contributed by atoms with Gasteiger partial charge in [-0.15, -0.1) is 0 Å². The SMILES string of the molecule is C[N+]1(CC2CC2)CCC23c4c5ccc(O)c4O[C@H]2C(=O)C=C[C@@]3(O)C1C5.C[N+]1(CC2CC2)CCC23c4c5ccc(O)c4O[C@H]2C(=O)CC[C@@]3(O)C1C5.C[N+]1(CC2CC2)CCC23c4c5ccc(O)c4O[C@H]2C(=O)CC[C@@]3(O)C1C5.[Br-].[Br-].[Br-]. The molecule has 81 heavy (non-hydrogen) atoms. The number of ether oxygens (including phenoxy) is 3. The fourth-order valence-electron chi connectivity index (χ4n) is 20.4. The first-order valence-electron chi connectivity index (χ1n) is 29.7. The molecule has 0 amide bonds. The smallest absolute Gasteiger partial charge is 0.197 e. The second kappa shape index (κ2) is 18.0. The molecule has 15 nitrogen and oxygen atoms in total. The number of halogens is 3. The molecule has 3 saturated heterocycles. The van der Waals surface area contributed by atoms with Gasteiger partial charge in [-0.3, -0.25) is 14.4 Å². The van der Waals surface area contributed by atoms with Crippen LogP contribution in [-0.2, 0) is 49.9 Å². The van der Waals surface area contributed by atoms with E-state index in [9.17, 15) is 45.0 Å². The molecule has 18 rings (SSSR count). The molecule has 8 fully saturated rings. The van der Waals surface area contributed by atoms with Crippen molar-refractivity contribution in [2.75, 3.05) is 60.4 Å². The maximum atomic E-state index is 12.8. The standard InChI is InChI=1S/2C21H25NO4.C21H23NO4.3BrH/c3*1-22(11-12-2-3-12)9-8-20-17-13-4-5-14(23)18(17)26-19(20)15(24)6-7-21(20,25)16(22)10-13;;;/h2*4-5,12,16,19,25H,2-3,6-11H2,1H3;4-7,12,16,19,25H,2-3,8-11H2,1H3;3*1H/t3*16?,19-,20?,21+,22?;;;/m000.../s1. The average molecular weight is 1310 g/mol. The molecule has 5 saturated carbocycles. The number of hydrogen-bond acceptors (Lipinski definition) is 12. The highest BCUT2D eigenvalue weighted by molar-refractivity contribution is 5.99. The Labute approximate surface area is 504 Å². The summed E-state index contributed by atoms with van der Waals surface area (Å²) in [5.41, 5.74) is 1.12. The van der Waals surface area contributed by atoms with Gasteiger partial charge in [0.1, 0.15) is 34.9 Å². The van der Waals surface area contributed by atoms with Crippen molar-refractivity contribution in [1.29, 1.82) is 0 Å². The Morgan fingerprint density at radius 2 is 0.827 bits per heavy atom. The van der Waals surface area contributed by atoms with Crippen molar-refractivity contribution in [1.82, 2.24) is 0 Å². The zero-order chi connectivity index (χ0) is 53.7. The number of phenolic OH excluding ortho intramolecular Hbond substituents is 3. The van der Waals surface area contributed by atoms with Crippen LogP contribution >= 0.6 is 0 Å². The molecule has 9 aliphatic carbocycles. The van der Waals surface area contributed by atoms with Crippen molar-refractivity contribution in [3.63, 3.8) is 0 Å². The first-order chi connectivity index (χ1) is 37.2. The van der Waals surface area contributed by atoms with Crippen LogP contribution in [0.4, 0.5) is 0 Å². The maximum Gasteiger partial charge on any atom is 0.197 e. The van der Waals surface area contributed by atoms with Crippen molar-refractivity contribution >= 4 is 17.3 Å². The Bertz CT molecular complexity index is 3120. The number of aromatic hydroxyl groups is 3. The molecular weight excluding hydrogens is 1230 g/mol. The number of hydrogen-bond donors (Lipinski definition) is 6. The first-order valence-corrected chi connectivity index (χ1v) is 29.7. The van der Waals surface area contributed by atoms with Gasteiger partial charge < -0.3 is 109 Å². The van der Waals surface area contributed by atoms with E-state index in [1.165, 1.54) is 44.6 Å². The number of likely N-dealkylation sites (tertiary alicyclic amines) is 3. The van der Waals surface area contributed by atoms with Gasteiger partial charge in [-0.05, 0) is 98.4 Å². The predicted octanol–water partition coefficient (Wildman–Crippen LogP) is -4.20. The van der Waals surface area contributed by atoms with Gasteiger partial charge in [0.25, 0.3) is 0 Å². The van der Waals surface area contributed by atoms with Crippen LogP contribution in [0.15, 0.2) is 48.6 Å². The highest BCUT2D eigenvalue weighted by atomic mass is 79.9. The Hall–Kier alpha value is -3.59. The highest BCUT2D eigenvalue weighted by Crippen LogP contribution is 2.69. The van der Waals surface area contributed by atoms with Crippen LogP contribution in [0.25, 0.3) is 0 Å². The third-order valence-corrected chi connectivity index (χ3v) is 24.4. The number of nitrogens with zero attached hydrogens (tertiary/aromatic N) is 3. The van der Waals surface area contributed by atoms with E-state index in [0.29, 0.717) is 49.4 Å². The number of quaternary nitrogens is 3. The fourth-order valence-corrected chi connectivity index (χ4v) is 20.4. The summed E-state index contributed by atoms with van der Waals surface area (Å²) in [7, 11) is 6.89. The minimum atomic E-state index is -1.11. The number of rotatable bonds is 6. The average Bonchev–Trinajstić information content (AvgIpc) is 1.86. The maximum absolute atomic E-state index is 12.8. The molecule has 6 heterocycles. The molecule has 0 radical (unpaired) electrons. The predicted molar refractivity (Wildman–Crippen MR) is 282 cm³/mol. The largest absolute Gasteiger partial charge is 1.00 e. The van der Waals surface area contributed by atoms with Crippen molar-refractivity contribution in [3.05, 3.63) is 81.9 Å².